The van der Waals surface area contributed by atoms with Crippen molar-refractivity contribution in [2.24, 2.45) is 0 Å². The first-order valence-corrected chi connectivity index (χ1v) is 6.46. The van der Waals surface area contributed by atoms with Crippen LogP contribution in [0.5, 0.6) is 5.75 Å². The van der Waals surface area contributed by atoms with E-state index in [0.29, 0.717) is 13.2 Å². The summed E-state index contributed by atoms with van der Waals surface area (Å²) in [5.74, 6) is -2.40. The van der Waals surface area contributed by atoms with Gasteiger partial charge < -0.3 is 24.4 Å². The summed E-state index contributed by atoms with van der Waals surface area (Å²) in [7, 11) is 0. The van der Waals surface area contributed by atoms with Crippen molar-refractivity contribution in [2.45, 2.75) is 20.1 Å². The van der Waals surface area contributed by atoms with Crippen LogP contribution in [0.25, 0.3) is 0 Å². The summed E-state index contributed by atoms with van der Waals surface area (Å²) in [4.78, 5) is 22.0. The molecule has 0 spiro atoms. The quantitative estimate of drug-likeness (QED) is 0.671. The van der Waals surface area contributed by atoms with Gasteiger partial charge in [0.25, 0.3) is 0 Å². The van der Waals surface area contributed by atoms with E-state index >= 15 is 0 Å². The molecule has 0 saturated heterocycles. The molecule has 0 fully saturated rings. The molecule has 0 aliphatic heterocycles. The highest BCUT2D eigenvalue weighted by molar-refractivity contribution is 6.01. The van der Waals surface area contributed by atoms with Crippen LogP contribution in [0.1, 0.15) is 34.6 Å². The smallest absolute Gasteiger partial charge is 0.336 e. The number of hydrogen-bond donors (Lipinski definition) is 2. The molecule has 0 unspecified atom stereocenters. The molecular weight excluding hydrogens is 280 g/mol. The molecule has 0 heterocycles. The topological polar surface area (TPSA) is 102 Å². The van der Waals surface area contributed by atoms with Gasteiger partial charge >= 0.3 is 11.9 Å². The summed E-state index contributed by atoms with van der Waals surface area (Å²) in [5, 5.41) is 17.9. The van der Waals surface area contributed by atoms with E-state index in [0.717, 1.165) is 0 Å². The number of benzene rings is 1. The Kier molecular flexibility index (Phi) is 6.64. The number of carboxylic acids is 2. The van der Waals surface area contributed by atoms with E-state index in [4.69, 9.17) is 24.4 Å². The Morgan fingerprint density at radius 3 is 2.10 bits per heavy atom. The van der Waals surface area contributed by atoms with E-state index in [2.05, 4.69) is 0 Å². The van der Waals surface area contributed by atoms with Crippen LogP contribution in [0.15, 0.2) is 18.2 Å². The summed E-state index contributed by atoms with van der Waals surface area (Å²) in [5.41, 5.74) is -0.620. The maximum absolute atomic E-state index is 11.1. The Morgan fingerprint density at radius 2 is 1.62 bits per heavy atom. The molecule has 0 saturated carbocycles. The lowest BCUT2D eigenvalue weighted by molar-refractivity contribution is -0.152. The van der Waals surface area contributed by atoms with Gasteiger partial charge in [0.2, 0.25) is 0 Å². The highest BCUT2D eigenvalue weighted by atomic mass is 16.7. The first kappa shape index (κ1) is 16.9. The summed E-state index contributed by atoms with van der Waals surface area (Å²) < 4.78 is 16.0. The van der Waals surface area contributed by atoms with Crippen LogP contribution in [-0.2, 0) is 9.47 Å². The molecule has 0 aliphatic carbocycles. The number of carbonyl (C=O) groups is 2. The molecule has 1 aromatic rings. The molecule has 0 aromatic heterocycles. The van der Waals surface area contributed by atoms with Gasteiger partial charge in [0, 0.05) is 13.2 Å². The lowest BCUT2D eigenvalue weighted by Gasteiger charge is -2.17. The van der Waals surface area contributed by atoms with Crippen LogP contribution >= 0.6 is 0 Å². The van der Waals surface area contributed by atoms with E-state index in [9.17, 15) is 9.59 Å². The standard InChI is InChI=1S/C14H18O7/c1-3-19-12(20-4-2)8-21-9-5-6-10(13(15)16)11(7-9)14(17)18/h5-7,12H,3-4,8H2,1-2H3,(H,15,16)(H,17,18). The van der Waals surface area contributed by atoms with Crippen LogP contribution in [0, 0.1) is 0 Å². The Morgan fingerprint density at radius 1 is 1.05 bits per heavy atom. The Balaban J connectivity index is 2.82. The first-order valence-electron chi connectivity index (χ1n) is 6.46. The second-order valence-electron chi connectivity index (χ2n) is 3.97. The minimum Gasteiger partial charge on any atom is -0.488 e. The monoisotopic (exact) mass is 298 g/mol. The zero-order valence-corrected chi connectivity index (χ0v) is 11.9. The lowest BCUT2D eigenvalue weighted by atomic mass is 10.1. The molecule has 7 nitrogen and oxygen atoms in total. The number of ether oxygens (including phenoxy) is 3. The van der Waals surface area contributed by atoms with Crippen molar-refractivity contribution >= 4 is 11.9 Å². The third-order valence-electron chi connectivity index (χ3n) is 2.54. The predicted molar refractivity (Wildman–Crippen MR) is 72.9 cm³/mol. The first-order chi connectivity index (χ1) is 9.99. The van der Waals surface area contributed by atoms with E-state index < -0.39 is 18.2 Å². The van der Waals surface area contributed by atoms with Crippen molar-refractivity contribution in [3.63, 3.8) is 0 Å². The molecule has 7 heteroatoms. The molecule has 0 amide bonds. The van der Waals surface area contributed by atoms with E-state index in [1.54, 1.807) is 0 Å². The van der Waals surface area contributed by atoms with Gasteiger partial charge in [-0.1, -0.05) is 0 Å². The van der Waals surface area contributed by atoms with Gasteiger partial charge in [-0.15, -0.1) is 0 Å². The fourth-order valence-corrected chi connectivity index (χ4v) is 1.66. The van der Waals surface area contributed by atoms with E-state index in [1.807, 2.05) is 13.8 Å². The lowest BCUT2D eigenvalue weighted by Crippen LogP contribution is -2.25. The fourth-order valence-electron chi connectivity index (χ4n) is 1.66. The third kappa shape index (κ3) is 5.05. The highest BCUT2D eigenvalue weighted by Gasteiger charge is 2.17. The Hall–Kier alpha value is -2.12. The zero-order valence-electron chi connectivity index (χ0n) is 11.9. The van der Waals surface area contributed by atoms with Gasteiger partial charge in [0.1, 0.15) is 12.4 Å². The Labute approximate surface area is 122 Å². The van der Waals surface area contributed by atoms with Crippen molar-refractivity contribution in [1.82, 2.24) is 0 Å². The number of aromatic carboxylic acids is 2. The summed E-state index contributed by atoms with van der Waals surface area (Å²) >= 11 is 0. The summed E-state index contributed by atoms with van der Waals surface area (Å²) in [6.45, 7) is 4.61. The Bertz CT molecular complexity index is 492. The molecule has 21 heavy (non-hydrogen) atoms. The number of rotatable bonds is 9. The number of hydrogen-bond acceptors (Lipinski definition) is 5. The van der Waals surface area contributed by atoms with Crippen LogP contribution in [0.4, 0.5) is 0 Å². The fraction of sp³-hybridized carbons (Fsp3) is 0.429. The molecule has 0 aliphatic rings. The second kappa shape index (κ2) is 8.23. The van der Waals surface area contributed by atoms with Crippen molar-refractivity contribution in [3.05, 3.63) is 29.3 Å². The highest BCUT2D eigenvalue weighted by Crippen LogP contribution is 2.19. The van der Waals surface area contributed by atoms with Gasteiger partial charge in [-0.25, -0.2) is 9.59 Å². The van der Waals surface area contributed by atoms with Crippen molar-refractivity contribution in [3.8, 4) is 5.75 Å². The molecular formula is C14H18O7. The van der Waals surface area contributed by atoms with Gasteiger partial charge in [-0.3, -0.25) is 0 Å². The van der Waals surface area contributed by atoms with Gasteiger partial charge in [0.05, 0.1) is 11.1 Å². The van der Waals surface area contributed by atoms with Gasteiger partial charge in [-0.05, 0) is 32.0 Å². The summed E-state index contributed by atoms with van der Waals surface area (Å²) in [6, 6.07) is 3.75. The zero-order chi connectivity index (χ0) is 15.8. The van der Waals surface area contributed by atoms with Gasteiger partial charge in [-0.2, -0.15) is 0 Å². The van der Waals surface area contributed by atoms with Crippen LogP contribution in [0.3, 0.4) is 0 Å². The largest absolute Gasteiger partial charge is 0.488 e. The molecule has 0 radical (unpaired) electrons. The summed E-state index contributed by atoms with van der Waals surface area (Å²) in [6.07, 6.45) is -0.563. The minimum atomic E-state index is -1.33. The molecule has 2 N–H and O–H groups in total. The van der Waals surface area contributed by atoms with Crippen molar-refractivity contribution < 1.29 is 34.0 Å². The molecule has 0 atom stereocenters. The maximum Gasteiger partial charge on any atom is 0.336 e. The van der Waals surface area contributed by atoms with Crippen LogP contribution < -0.4 is 4.74 Å². The predicted octanol–water partition coefficient (Wildman–Crippen LogP) is 1.86. The third-order valence-corrected chi connectivity index (χ3v) is 2.54. The molecule has 116 valence electrons. The maximum atomic E-state index is 11.1. The molecule has 0 bridgehead atoms. The SMILES string of the molecule is CCOC(COc1ccc(C(=O)O)c(C(=O)O)c1)OCC. The van der Waals surface area contributed by atoms with Gasteiger partial charge in [0.15, 0.2) is 6.29 Å². The average molecular weight is 298 g/mol. The minimum absolute atomic E-state index is 0.0765. The second-order valence-corrected chi connectivity index (χ2v) is 3.97. The van der Waals surface area contributed by atoms with E-state index in [1.165, 1.54) is 18.2 Å². The molecule has 1 aromatic carbocycles. The number of carboxylic acid groups (broad SMARTS) is 2. The van der Waals surface area contributed by atoms with Crippen LogP contribution in [0.2, 0.25) is 0 Å². The van der Waals surface area contributed by atoms with E-state index in [-0.39, 0.29) is 23.5 Å². The average Bonchev–Trinajstić information content (AvgIpc) is 2.44. The normalized spacial score (nSPS) is 10.6. The molecule has 1 rings (SSSR count). The van der Waals surface area contributed by atoms with Crippen molar-refractivity contribution in [1.29, 1.82) is 0 Å². The van der Waals surface area contributed by atoms with Crippen molar-refractivity contribution in [2.75, 3.05) is 19.8 Å². The van der Waals surface area contributed by atoms with Crippen LogP contribution in [-0.4, -0.2) is 48.3 Å².